The van der Waals surface area contributed by atoms with Gasteiger partial charge in [-0.2, -0.15) is 5.10 Å². The largest absolute Gasteiger partial charge is 0.367 e. The zero-order valence-electron chi connectivity index (χ0n) is 11.1. The van der Waals surface area contributed by atoms with Gasteiger partial charge in [0.1, 0.15) is 5.02 Å². The van der Waals surface area contributed by atoms with Gasteiger partial charge in [-0.25, -0.2) is 4.68 Å². The minimum absolute atomic E-state index is 0.244. The van der Waals surface area contributed by atoms with E-state index in [1.54, 1.807) is 12.3 Å². The average molecular weight is 283 g/mol. The highest BCUT2D eigenvalue weighted by Gasteiger charge is 2.22. The number of hydrogen-bond acceptors (Lipinski definition) is 4. The molecule has 0 aromatic carbocycles. The molecule has 2 rings (SSSR count). The molecule has 1 saturated heterocycles. The number of rotatable bonds is 4. The molecule has 5 nitrogen and oxygen atoms in total. The minimum Gasteiger partial charge on any atom is -0.367 e. The third-order valence-corrected chi connectivity index (χ3v) is 3.79. The molecule has 0 aliphatic carbocycles. The molecule has 0 radical (unpaired) electrons. The van der Waals surface area contributed by atoms with E-state index in [4.69, 9.17) is 11.6 Å². The van der Waals surface area contributed by atoms with Crippen LogP contribution in [0.4, 0.5) is 5.69 Å². The molecule has 1 fully saturated rings. The minimum atomic E-state index is -0.259. The number of hydrogen-bond donors (Lipinski definition) is 1. The fourth-order valence-corrected chi connectivity index (χ4v) is 2.63. The summed E-state index contributed by atoms with van der Waals surface area (Å²) in [5.74, 6) is 0. The fourth-order valence-electron chi connectivity index (χ4n) is 2.36. The highest BCUT2D eigenvalue weighted by molar-refractivity contribution is 6.33. The number of likely N-dealkylation sites (N-methyl/N-ethyl adjacent to an activating group) is 1. The normalized spacial score (nSPS) is 19.5. The predicted molar refractivity (Wildman–Crippen MR) is 78.0 cm³/mol. The maximum Gasteiger partial charge on any atom is 0.287 e. The van der Waals surface area contributed by atoms with Crippen LogP contribution in [0.1, 0.15) is 12.8 Å². The van der Waals surface area contributed by atoms with Crippen LogP contribution in [-0.2, 0) is 6.54 Å². The summed E-state index contributed by atoms with van der Waals surface area (Å²) < 4.78 is 1.32. The Bertz CT molecular complexity index is 514. The van der Waals surface area contributed by atoms with E-state index in [1.165, 1.54) is 4.68 Å². The predicted octanol–water partition coefficient (Wildman–Crippen LogP) is 1.27. The van der Waals surface area contributed by atoms with E-state index in [9.17, 15) is 4.79 Å². The van der Waals surface area contributed by atoms with Crippen molar-refractivity contribution in [2.45, 2.75) is 25.4 Å². The smallest absolute Gasteiger partial charge is 0.287 e. The molecule has 1 atom stereocenters. The summed E-state index contributed by atoms with van der Waals surface area (Å²) in [5.41, 5.74) is 0.470. The maximum atomic E-state index is 12.1. The van der Waals surface area contributed by atoms with Crippen LogP contribution in [0.2, 0.25) is 5.02 Å². The monoisotopic (exact) mass is 282 g/mol. The lowest BCUT2D eigenvalue weighted by Crippen LogP contribution is -2.45. The van der Waals surface area contributed by atoms with Crippen LogP contribution in [0.25, 0.3) is 0 Å². The number of aromatic nitrogens is 2. The number of allylic oxidation sites excluding steroid dienone is 1. The molecular formula is C13H19ClN4O. The Kier molecular flexibility index (Phi) is 4.61. The topological polar surface area (TPSA) is 50.2 Å². The Morgan fingerprint density at radius 2 is 2.47 bits per heavy atom. The molecule has 0 saturated carbocycles. The van der Waals surface area contributed by atoms with Gasteiger partial charge in [0.25, 0.3) is 5.56 Å². The lowest BCUT2D eigenvalue weighted by Gasteiger charge is -2.34. The number of halogens is 1. The molecule has 0 amide bonds. The molecule has 1 unspecified atom stereocenters. The first-order valence-electron chi connectivity index (χ1n) is 6.46. The number of nitrogens with zero attached hydrogens (tertiary/aromatic N) is 3. The maximum absolute atomic E-state index is 12.1. The summed E-state index contributed by atoms with van der Waals surface area (Å²) in [6, 6.07) is 0.431. The van der Waals surface area contributed by atoms with Crippen molar-refractivity contribution < 1.29 is 0 Å². The van der Waals surface area contributed by atoms with Crippen molar-refractivity contribution >= 4 is 17.3 Å². The third-order valence-electron chi connectivity index (χ3n) is 3.44. The van der Waals surface area contributed by atoms with E-state index >= 15 is 0 Å². The van der Waals surface area contributed by atoms with Gasteiger partial charge in [0.15, 0.2) is 0 Å². The Balaban J connectivity index is 2.27. The Morgan fingerprint density at radius 3 is 3.16 bits per heavy atom. The fraction of sp³-hybridized carbons (Fsp3) is 0.538. The second-order valence-corrected chi connectivity index (χ2v) is 5.07. The molecule has 0 bridgehead atoms. The standard InChI is InChI=1S/C13H19ClN4O/c1-3-6-18-13(19)12(14)11(8-16-18)17-7-4-5-10(9-17)15-2/h3,8,10,15H,1,4-7,9H2,2H3. The second-order valence-electron chi connectivity index (χ2n) is 4.69. The average Bonchev–Trinajstić information content (AvgIpc) is 2.44. The van der Waals surface area contributed by atoms with E-state index in [1.807, 2.05) is 7.05 Å². The first-order chi connectivity index (χ1) is 9.17. The summed E-state index contributed by atoms with van der Waals surface area (Å²) in [5, 5.41) is 7.65. The highest BCUT2D eigenvalue weighted by Crippen LogP contribution is 2.24. The van der Waals surface area contributed by atoms with Crippen LogP contribution in [0, 0.1) is 0 Å². The van der Waals surface area contributed by atoms with Crippen LogP contribution in [-0.4, -0.2) is 36.0 Å². The molecule has 0 spiro atoms. The summed E-state index contributed by atoms with van der Waals surface area (Å²) in [6.07, 6.45) is 5.52. The number of nitrogens with one attached hydrogen (secondary N) is 1. The van der Waals surface area contributed by atoms with Crippen molar-refractivity contribution in [2.24, 2.45) is 0 Å². The van der Waals surface area contributed by atoms with E-state index in [0.717, 1.165) is 31.6 Å². The van der Waals surface area contributed by atoms with Crippen LogP contribution >= 0.6 is 11.6 Å². The van der Waals surface area contributed by atoms with Crippen LogP contribution in [0.15, 0.2) is 23.6 Å². The van der Waals surface area contributed by atoms with E-state index in [2.05, 4.69) is 21.9 Å². The molecular weight excluding hydrogens is 264 g/mol. The molecule has 1 aliphatic heterocycles. The van der Waals surface area contributed by atoms with Gasteiger partial charge in [0.2, 0.25) is 0 Å². The van der Waals surface area contributed by atoms with Crippen LogP contribution < -0.4 is 15.8 Å². The zero-order valence-corrected chi connectivity index (χ0v) is 11.9. The van der Waals surface area contributed by atoms with Gasteiger partial charge in [0, 0.05) is 19.1 Å². The molecule has 1 aromatic heterocycles. The lowest BCUT2D eigenvalue weighted by molar-refractivity contribution is 0.448. The molecule has 6 heteroatoms. The number of anilines is 1. The second kappa shape index (κ2) is 6.21. The zero-order chi connectivity index (χ0) is 13.8. The molecule has 1 aromatic rings. The van der Waals surface area contributed by atoms with E-state index in [0.29, 0.717) is 12.6 Å². The molecule has 2 heterocycles. The molecule has 1 N–H and O–H groups in total. The van der Waals surface area contributed by atoms with Crippen LogP contribution in [0.3, 0.4) is 0 Å². The Morgan fingerprint density at radius 1 is 1.68 bits per heavy atom. The van der Waals surface area contributed by atoms with Gasteiger partial charge in [-0.05, 0) is 19.9 Å². The third kappa shape index (κ3) is 2.98. The molecule has 1 aliphatic rings. The van der Waals surface area contributed by atoms with Gasteiger partial charge in [-0.3, -0.25) is 4.79 Å². The Hall–Kier alpha value is -1.33. The molecule has 104 valence electrons. The van der Waals surface area contributed by atoms with E-state index in [-0.39, 0.29) is 10.6 Å². The van der Waals surface area contributed by atoms with Crippen molar-refractivity contribution in [3.8, 4) is 0 Å². The van der Waals surface area contributed by atoms with Crippen molar-refractivity contribution in [3.63, 3.8) is 0 Å². The summed E-state index contributed by atoms with van der Waals surface area (Å²) in [4.78, 5) is 14.2. The van der Waals surface area contributed by atoms with Crippen molar-refractivity contribution in [2.75, 3.05) is 25.0 Å². The highest BCUT2D eigenvalue weighted by atomic mass is 35.5. The lowest BCUT2D eigenvalue weighted by atomic mass is 10.1. The van der Waals surface area contributed by atoms with Gasteiger partial charge in [0.05, 0.1) is 18.4 Å². The van der Waals surface area contributed by atoms with Crippen molar-refractivity contribution in [1.82, 2.24) is 15.1 Å². The van der Waals surface area contributed by atoms with E-state index < -0.39 is 0 Å². The summed E-state index contributed by atoms with van der Waals surface area (Å²) >= 11 is 6.19. The van der Waals surface area contributed by atoms with Gasteiger partial charge >= 0.3 is 0 Å². The first-order valence-corrected chi connectivity index (χ1v) is 6.84. The SMILES string of the molecule is C=CCn1ncc(N2CCCC(NC)C2)c(Cl)c1=O. The number of piperidine rings is 1. The van der Waals surface area contributed by atoms with Gasteiger partial charge in [-0.1, -0.05) is 17.7 Å². The molecule has 19 heavy (non-hydrogen) atoms. The van der Waals surface area contributed by atoms with Crippen LogP contribution in [0.5, 0.6) is 0 Å². The van der Waals surface area contributed by atoms with Gasteiger partial charge in [-0.15, -0.1) is 6.58 Å². The van der Waals surface area contributed by atoms with Gasteiger partial charge < -0.3 is 10.2 Å². The Labute approximate surface area is 117 Å². The summed E-state index contributed by atoms with van der Waals surface area (Å²) in [7, 11) is 1.95. The van der Waals surface area contributed by atoms with Crippen molar-refractivity contribution in [3.05, 3.63) is 34.2 Å². The first kappa shape index (κ1) is 14.1. The van der Waals surface area contributed by atoms with Crippen molar-refractivity contribution in [1.29, 1.82) is 0 Å². The quantitative estimate of drug-likeness (QED) is 0.845. The summed E-state index contributed by atoms with van der Waals surface area (Å²) in [6.45, 7) is 5.73.